The van der Waals surface area contributed by atoms with Gasteiger partial charge in [0.15, 0.2) is 5.84 Å². The van der Waals surface area contributed by atoms with E-state index in [0.29, 0.717) is 11.5 Å². The molecule has 0 saturated heterocycles. The molecule has 0 bridgehead atoms. The van der Waals surface area contributed by atoms with Gasteiger partial charge in [-0.15, -0.1) is 0 Å². The molecule has 0 spiro atoms. The zero-order chi connectivity index (χ0) is 8.27. The second-order valence-corrected chi connectivity index (χ2v) is 2.07. The van der Waals surface area contributed by atoms with Crippen molar-refractivity contribution in [2.75, 3.05) is 7.05 Å². The first kappa shape index (κ1) is 7.59. The van der Waals surface area contributed by atoms with Crippen LogP contribution in [0, 0.1) is 0 Å². The fraction of sp³-hybridized carbons (Fsp3) is 0.333. The molecule has 1 heterocycles. The van der Waals surface area contributed by atoms with Gasteiger partial charge in [0.05, 0.1) is 0 Å². The molecule has 0 fully saturated rings. The van der Waals surface area contributed by atoms with Gasteiger partial charge < -0.3 is 10.5 Å². The smallest absolute Gasteiger partial charge is 0.192 e. The van der Waals surface area contributed by atoms with Gasteiger partial charge in [-0.05, 0) is 6.07 Å². The van der Waals surface area contributed by atoms with E-state index in [0.717, 1.165) is 0 Å². The van der Waals surface area contributed by atoms with Crippen LogP contribution in [0.1, 0.15) is 5.69 Å². The summed E-state index contributed by atoms with van der Waals surface area (Å²) in [7, 11) is 3.47. The molecule has 5 heteroatoms. The fourth-order valence-electron chi connectivity index (χ4n) is 0.771. The van der Waals surface area contributed by atoms with E-state index < -0.39 is 0 Å². The summed E-state index contributed by atoms with van der Waals surface area (Å²) in [5, 5.41) is 18.2. The van der Waals surface area contributed by atoms with Gasteiger partial charge in [-0.25, -0.2) is 0 Å². The van der Waals surface area contributed by atoms with Crippen molar-refractivity contribution >= 4 is 5.84 Å². The summed E-state index contributed by atoms with van der Waals surface area (Å²) in [5.41, 5.74) is 0.623. The maximum atomic E-state index is 8.46. The number of nitrogens with one attached hydrogen (secondary N) is 1. The highest BCUT2D eigenvalue weighted by Crippen LogP contribution is 1.93. The molecular weight excluding hydrogens is 144 g/mol. The highest BCUT2D eigenvalue weighted by atomic mass is 16.4. The third-order valence-corrected chi connectivity index (χ3v) is 1.29. The maximum Gasteiger partial charge on any atom is 0.192 e. The molecule has 0 aliphatic heterocycles. The van der Waals surface area contributed by atoms with Gasteiger partial charge in [0, 0.05) is 20.3 Å². The van der Waals surface area contributed by atoms with E-state index in [-0.39, 0.29) is 0 Å². The van der Waals surface area contributed by atoms with Crippen molar-refractivity contribution in [1.29, 1.82) is 0 Å². The summed E-state index contributed by atoms with van der Waals surface area (Å²) in [6.07, 6.45) is 1.78. The molecule has 1 aromatic heterocycles. The Morgan fingerprint density at radius 2 is 2.55 bits per heavy atom. The van der Waals surface area contributed by atoms with Gasteiger partial charge in [-0.3, -0.25) is 4.68 Å². The van der Waals surface area contributed by atoms with Crippen molar-refractivity contribution in [3.63, 3.8) is 0 Å². The molecule has 5 nitrogen and oxygen atoms in total. The monoisotopic (exact) mass is 154 g/mol. The van der Waals surface area contributed by atoms with Crippen LogP contribution in [0.5, 0.6) is 0 Å². The molecule has 0 amide bonds. The van der Waals surface area contributed by atoms with Gasteiger partial charge in [0.1, 0.15) is 5.69 Å². The second-order valence-electron chi connectivity index (χ2n) is 2.07. The minimum absolute atomic E-state index is 0.366. The van der Waals surface area contributed by atoms with Crippen LogP contribution in [-0.2, 0) is 7.05 Å². The van der Waals surface area contributed by atoms with E-state index in [4.69, 9.17) is 5.21 Å². The number of aryl methyl sites for hydroxylation is 1. The average molecular weight is 154 g/mol. The lowest BCUT2D eigenvalue weighted by atomic mass is 10.4. The molecule has 60 valence electrons. The minimum atomic E-state index is 0.366. The highest BCUT2D eigenvalue weighted by molar-refractivity contribution is 5.96. The molecule has 0 saturated carbocycles. The third-order valence-electron chi connectivity index (χ3n) is 1.29. The van der Waals surface area contributed by atoms with Crippen molar-refractivity contribution in [2.45, 2.75) is 0 Å². The first-order valence-corrected chi connectivity index (χ1v) is 3.17. The number of rotatable bonds is 1. The summed E-state index contributed by atoms with van der Waals surface area (Å²) in [6.45, 7) is 0. The molecule has 0 aromatic carbocycles. The van der Waals surface area contributed by atoms with Crippen LogP contribution in [0.4, 0.5) is 0 Å². The lowest BCUT2D eigenvalue weighted by Crippen LogP contribution is -2.20. The molecule has 0 unspecified atom stereocenters. The fourth-order valence-corrected chi connectivity index (χ4v) is 0.771. The molecule has 0 atom stereocenters. The first-order valence-electron chi connectivity index (χ1n) is 3.17. The number of hydrogen-bond donors (Lipinski definition) is 2. The molecule has 1 aromatic rings. The van der Waals surface area contributed by atoms with Crippen molar-refractivity contribution in [3.05, 3.63) is 18.0 Å². The Morgan fingerprint density at radius 1 is 1.82 bits per heavy atom. The van der Waals surface area contributed by atoms with Crippen molar-refractivity contribution in [2.24, 2.45) is 12.2 Å². The molecule has 0 aliphatic rings. The number of nitrogens with zero attached hydrogens (tertiary/aromatic N) is 3. The third kappa shape index (κ3) is 1.49. The summed E-state index contributed by atoms with van der Waals surface area (Å²) in [4.78, 5) is 0. The van der Waals surface area contributed by atoms with E-state index in [1.807, 2.05) is 0 Å². The van der Waals surface area contributed by atoms with E-state index >= 15 is 0 Å². The van der Waals surface area contributed by atoms with Crippen LogP contribution >= 0.6 is 0 Å². The van der Waals surface area contributed by atoms with Gasteiger partial charge >= 0.3 is 0 Å². The summed E-state index contributed by atoms with van der Waals surface area (Å²) >= 11 is 0. The lowest BCUT2D eigenvalue weighted by Gasteiger charge is -1.96. The molecule has 2 N–H and O–H groups in total. The Kier molecular flexibility index (Phi) is 2.10. The van der Waals surface area contributed by atoms with Gasteiger partial charge in [-0.1, -0.05) is 5.16 Å². The van der Waals surface area contributed by atoms with Crippen molar-refractivity contribution in [1.82, 2.24) is 15.1 Å². The minimum Gasteiger partial charge on any atom is -0.409 e. The van der Waals surface area contributed by atoms with Gasteiger partial charge in [0.25, 0.3) is 0 Å². The lowest BCUT2D eigenvalue weighted by molar-refractivity contribution is 0.317. The number of oxime groups is 1. The zero-order valence-electron chi connectivity index (χ0n) is 6.44. The first-order chi connectivity index (χ1) is 5.27. The van der Waals surface area contributed by atoms with Crippen LogP contribution in [0.15, 0.2) is 17.4 Å². The largest absolute Gasteiger partial charge is 0.409 e. The predicted molar refractivity (Wildman–Crippen MR) is 40.6 cm³/mol. The number of aromatic nitrogens is 2. The van der Waals surface area contributed by atoms with Gasteiger partial charge in [0.2, 0.25) is 0 Å². The van der Waals surface area contributed by atoms with E-state index in [1.54, 1.807) is 31.0 Å². The standard InChI is InChI=1S/C6H10N4O/c1-7-6(9-11)5-3-4-10(2)8-5/h3-4,11H,1-2H3,(H,7,9). The number of hydrogen-bond acceptors (Lipinski definition) is 3. The topological polar surface area (TPSA) is 62.4 Å². The van der Waals surface area contributed by atoms with Crippen LogP contribution in [0.3, 0.4) is 0 Å². The molecule has 1 rings (SSSR count). The Labute approximate surface area is 64.3 Å². The highest BCUT2D eigenvalue weighted by Gasteiger charge is 2.03. The van der Waals surface area contributed by atoms with E-state index in [2.05, 4.69) is 15.6 Å². The summed E-state index contributed by atoms with van der Waals surface area (Å²) < 4.78 is 1.64. The van der Waals surface area contributed by atoms with Crippen LogP contribution in [0.25, 0.3) is 0 Å². The van der Waals surface area contributed by atoms with Crippen molar-refractivity contribution < 1.29 is 5.21 Å². The van der Waals surface area contributed by atoms with Crippen LogP contribution in [0.2, 0.25) is 0 Å². The Morgan fingerprint density at radius 3 is 2.91 bits per heavy atom. The summed E-state index contributed by atoms with van der Waals surface area (Å²) in [5.74, 6) is 0.366. The average Bonchev–Trinajstić information content (AvgIpc) is 2.39. The molecule has 11 heavy (non-hydrogen) atoms. The number of amidine groups is 1. The van der Waals surface area contributed by atoms with E-state index in [9.17, 15) is 0 Å². The SMILES string of the molecule is CN/C(=N\O)c1ccn(C)n1. The molecule has 0 radical (unpaired) electrons. The zero-order valence-corrected chi connectivity index (χ0v) is 6.44. The Balaban J connectivity index is 2.91. The Hall–Kier alpha value is -1.52. The molecule has 0 aliphatic carbocycles. The molecular formula is C6H10N4O. The second kappa shape index (κ2) is 3.05. The van der Waals surface area contributed by atoms with E-state index in [1.165, 1.54) is 0 Å². The summed E-state index contributed by atoms with van der Waals surface area (Å²) in [6, 6.07) is 1.76. The van der Waals surface area contributed by atoms with Crippen molar-refractivity contribution in [3.8, 4) is 0 Å². The van der Waals surface area contributed by atoms with Crippen LogP contribution in [-0.4, -0.2) is 27.9 Å². The van der Waals surface area contributed by atoms with Gasteiger partial charge in [-0.2, -0.15) is 5.10 Å². The Bertz CT molecular complexity index is 265. The predicted octanol–water partition coefficient (Wildman–Crippen LogP) is -0.225. The maximum absolute atomic E-state index is 8.46. The normalized spacial score (nSPS) is 11.6. The van der Waals surface area contributed by atoms with Crippen LogP contribution < -0.4 is 5.32 Å². The quantitative estimate of drug-likeness (QED) is 0.254.